The number of amides is 1. The molecule has 0 saturated carbocycles. The van der Waals surface area contributed by atoms with Crippen LogP contribution in [0.2, 0.25) is 0 Å². The first-order chi connectivity index (χ1) is 11.5. The van der Waals surface area contributed by atoms with Crippen LogP contribution >= 0.6 is 0 Å². The van der Waals surface area contributed by atoms with E-state index in [0.29, 0.717) is 16.9 Å². The molecule has 0 unspecified atom stereocenters. The van der Waals surface area contributed by atoms with Gasteiger partial charge < -0.3 is 14.5 Å². The average molecular weight is 319 g/mol. The van der Waals surface area contributed by atoms with E-state index in [0.717, 1.165) is 22.7 Å². The molecule has 1 aromatic carbocycles. The lowest BCUT2D eigenvalue weighted by Crippen LogP contribution is -2.12. The largest absolute Gasteiger partial charge is 0.493 e. The minimum atomic E-state index is -0.220. The maximum absolute atomic E-state index is 12.6. The summed E-state index contributed by atoms with van der Waals surface area (Å²) in [7, 11) is 1.61. The molecule has 0 aliphatic heterocycles. The molecule has 5 heteroatoms. The molecule has 2 heterocycles. The Morgan fingerprint density at radius 3 is 2.58 bits per heavy atom. The van der Waals surface area contributed by atoms with Crippen LogP contribution < -0.4 is 10.1 Å². The van der Waals surface area contributed by atoms with Gasteiger partial charge in [-0.25, -0.2) is 4.98 Å². The van der Waals surface area contributed by atoms with Crippen molar-refractivity contribution < 1.29 is 9.53 Å². The molecule has 120 valence electrons. The van der Waals surface area contributed by atoms with E-state index in [1.54, 1.807) is 37.4 Å². The topological polar surface area (TPSA) is 55.6 Å². The highest BCUT2D eigenvalue weighted by Crippen LogP contribution is 2.25. The van der Waals surface area contributed by atoms with Crippen LogP contribution in [0.3, 0.4) is 0 Å². The predicted molar refractivity (Wildman–Crippen MR) is 93.5 cm³/mol. The third kappa shape index (κ3) is 2.59. The second-order valence-electron chi connectivity index (χ2n) is 5.41. The summed E-state index contributed by atoms with van der Waals surface area (Å²) < 4.78 is 7.22. The molecular formula is C19H17N3O2. The Balaban J connectivity index is 1.97. The number of terminal acetylenes is 1. The van der Waals surface area contributed by atoms with Gasteiger partial charge >= 0.3 is 0 Å². The first kappa shape index (κ1) is 15.6. The number of benzene rings is 1. The lowest BCUT2D eigenvalue weighted by Gasteiger charge is -2.11. The number of nitrogens with one attached hydrogen (secondary N) is 1. The zero-order chi connectivity index (χ0) is 17.3. The Kier molecular flexibility index (Phi) is 3.97. The van der Waals surface area contributed by atoms with Gasteiger partial charge in [0.1, 0.15) is 5.65 Å². The summed E-state index contributed by atoms with van der Waals surface area (Å²) in [5.41, 5.74) is 4.20. The zero-order valence-electron chi connectivity index (χ0n) is 13.8. The first-order valence-electron chi connectivity index (χ1n) is 7.45. The van der Waals surface area contributed by atoms with Gasteiger partial charge in [-0.05, 0) is 44.2 Å². The molecule has 0 aliphatic carbocycles. The van der Waals surface area contributed by atoms with Crippen molar-refractivity contribution in [2.75, 3.05) is 12.4 Å². The number of fused-ring (bicyclic) bond motifs is 1. The minimum Gasteiger partial charge on any atom is -0.493 e. The highest BCUT2D eigenvalue weighted by Gasteiger charge is 2.17. The highest BCUT2D eigenvalue weighted by molar-refractivity contribution is 6.08. The fourth-order valence-corrected chi connectivity index (χ4v) is 2.71. The summed E-state index contributed by atoms with van der Waals surface area (Å²) >= 11 is 0. The van der Waals surface area contributed by atoms with Gasteiger partial charge in [-0.3, -0.25) is 4.79 Å². The SMILES string of the molecule is C#Cc1ccc(NC(=O)c2ccn3c(C)c(OC)c(C)nc23)cc1. The van der Waals surface area contributed by atoms with Crippen LogP contribution in [0, 0.1) is 26.2 Å². The molecule has 0 aliphatic rings. The molecule has 0 atom stereocenters. The van der Waals surface area contributed by atoms with Crippen molar-refractivity contribution in [1.82, 2.24) is 9.38 Å². The Morgan fingerprint density at radius 2 is 1.96 bits per heavy atom. The van der Waals surface area contributed by atoms with E-state index >= 15 is 0 Å². The van der Waals surface area contributed by atoms with Crippen molar-refractivity contribution in [2.45, 2.75) is 13.8 Å². The number of anilines is 1. The van der Waals surface area contributed by atoms with E-state index in [9.17, 15) is 4.79 Å². The Hall–Kier alpha value is -3.26. The number of hydrogen-bond donors (Lipinski definition) is 1. The van der Waals surface area contributed by atoms with Crippen LogP contribution in [0.25, 0.3) is 5.65 Å². The molecule has 0 saturated heterocycles. The molecular weight excluding hydrogens is 302 g/mol. The predicted octanol–water partition coefficient (Wildman–Crippen LogP) is 3.19. The number of aromatic nitrogens is 2. The molecule has 5 nitrogen and oxygen atoms in total. The second-order valence-corrected chi connectivity index (χ2v) is 5.41. The Labute approximate surface area is 140 Å². The van der Waals surface area contributed by atoms with Gasteiger partial charge in [0.15, 0.2) is 5.75 Å². The highest BCUT2D eigenvalue weighted by atomic mass is 16.5. The van der Waals surface area contributed by atoms with Gasteiger partial charge in [-0.15, -0.1) is 6.42 Å². The summed E-state index contributed by atoms with van der Waals surface area (Å²) in [4.78, 5) is 17.1. The summed E-state index contributed by atoms with van der Waals surface area (Å²) in [6.07, 6.45) is 7.15. The van der Waals surface area contributed by atoms with Gasteiger partial charge in [0.05, 0.1) is 24.1 Å². The minimum absolute atomic E-state index is 0.220. The van der Waals surface area contributed by atoms with Crippen molar-refractivity contribution >= 4 is 17.2 Å². The van der Waals surface area contributed by atoms with Crippen molar-refractivity contribution in [3.63, 3.8) is 0 Å². The number of nitrogens with zero attached hydrogens (tertiary/aromatic N) is 2. The van der Waals surface area contributed by atoms with Gasteiger partial charge in [-0.2, -0.15) is 0 Å². The van der Waals surface area contributed by atoms with Crippen LogP contribution in [0.15, 0.2) is 36.5 Å². The van der Waals surface area contributed by atoms with Gasteiger partial charge in [0.25, 0.3) is 5.91 Å². The molecule has 1 N–H and O–H groups in total. The van der Waals surface area contributed by atoms with E-state index in [1.165, 1.54) is 0 Å². The monoisotopic (exact) mass is 319 g/mol. The smallest absolute Gasteiger partial charge is 0.259 e. The van der Waals surface area contributed by atoms with Crippen molar-refractivity contribution in [2.24, 2.45) is 0 Å². The normalized spacial score (nSPS) is 10.4. The number of rotatable bonds is 3. The molecule has 0 radical (unpaired) electrons. The fourth-order valence-electron chi connectivity index (χ4n) is 2.71. The first-order valence-corrected chi connectivity index (χ1v) is 7.45. The van der Waals surface area contributed by atoms with Crippen molar-refractivity contribution in [3.05, 3.63) is 59.0 Å². The number of aryl methyl sites for hydroxylation is 2. The van der Waals surface area contributed by atoms with Crippen LogP contribution in [0.5, 0.6) is 5.75 Å². The lowest BCUT2D eigenvalue weighted by molar-refractivity contribution is 0.102. The Morgan fingerprint density at radius 1 is 1.25 bits per heavy atom. The second kappa shape index (κ2) is 6.09. The van der Waals surface area contributed by atoms with Gasteiger partial charge in [0.2, 0.25) is 0 Å². The number of methoxy groups -OCH3 is 1. The molecule has 2 aromatic heterocycles. The van der Waals surface area contributed by atoms with E-state index < -0.39 is 0 Å². The maximum Gasteiger partial charge on any atom is 0.259 e. The third-order valence-electron chi connectivity index (χ3n) is 3.91. The molecule has 0 fully saturated rings. The lowest BCUT2D eigenvalue weighted by atomic mass is 10.2. The Bertz CT molecular complexity index is 963. The van der Waals surface area contributed by atoms with Crippen LogP contribution in [0.1, 0.15) is 27.3 Å². The molecule has 3 aromatic rings. The summed E-state index contributed by atoms with van der Waals surface area (Å²) in [5, 5.41) is 2.86. The summed E-state index contributed by atoms with van der Waals surface area (Å²) in [6, 6.07) is 8.87. The molecule has 1 amide bonds. The van der Waals surface area contributed by atoms with Gasteiger partial charge in [0, 0.05) is 17.4 Å². The van der Waals surface area contributed by atoms with Crippen molar-refractivity contribution in [3.8, 4) is 18.1 Å². The van der Waals surface area contributed by atoms with E-state index in [2.05, 4.69) is 16.2 Å². The number of carbonyl (C=O) groups is 1. The van der Waals surface area contributed by atoms with Crippen LogP contribution in [-0.2, 0) is 0 Å². The van der Waals surface area contributed by atoms with Crippen molar-refractivity contribution in [1.29, 1.82) is 0 Å². The van der Waals surface area contributed by atoms with E-state index in [4.69, 9.17) is 11.2 Å². The molecule has 0 bridgehead atoms. The van der Waals surface area contributed by atoms with Gasteiger partial charge in [-0.1, -0.05) is 5.92 Å². The quantitative estimate of drug-likeness (QED) is 0.754. The van der Waals surface area contributed by atoms with E-state index in [1.807, 2.05) is 24.4 Å². The van der Waals surface area contributed by atoms with E-state index in [-0.39, 0.29) is 5.91 Å². The number of hydrogen-bond acceptors (Lipinski definition) is 3. The number of carbonyl (C=O) groups excluding carboxylic acids is 1. The fraction of sp³-hybridized carbons (Fsp3) is 0.158. The summed E-state index contributed by atoms with van der Waals surface area (Å²) in [6.45, 7) is 3.79. The van der Waals surface area contributed by atoms with Crippen LogP contribution in [0.4, 0.5) is 5.69 Å². The standard InChI is InChI=1S/C19H17N3O2/c1-5-14-6-8-15(9-7-14)21-19(23)16-10-11-22-13(3)17(24-4)12(2)20-18(16)22/h1,6-11H,2-4H3,(H,21,23). The number of ether oxygens (including phenoxy) is 1. The maximum atomic E-state index is 12.6. The zero-order valence-corrected chi connectivity index (χ0v) is 13.8. The molecule has 0 spiro atoms. The average Bonchev–Trinajstić information content (AvgIpc) is 3.00. The molecule has 3 rings (SSSR count). The molecule has 24 heavy (non-hydrogen) atoms. The summed E-state index contributed by atoms with van der Waals surface area (Å²) in [5.74, 6) is 3.04. The van der Waals surface area contributed by atoms with Crippen LogP contribution in [-0.4, -0.2) is 22.4 Å². The third-order valence-corrected chi connectivity index (χ3v) is 3.91.